The first kappa shape index (κ1) is 11.6. The second-order valence-corrected chi connectivity index (χ2v) is 3.65. The summed E-state index contributed by atoms with van der Waals surface area (Å²) in [5, 5.41) is 10.8. The standard InChI is InChI=1S/C9H13NO5/c1-6(12)15-8-4-2-3-7(5-11)9(8)10(13)14/h5,7-9H,2-4H2,1H3/t7-,8+,9-/m1/s1. The molecule has 0 bridgehead atoms. The minimum absolute atomic E-state index is 0.454. The highest BCUT2D eigenvalue weighted by atomic mass is 16.6. The molecular formula is C9H13NO5. The third-order valence-corrected chi connectivity index (χ3v) is 2.58. The highest BCUT2D eigenvalue weighted by Crippen LogP contribution is 2.27. The van der Waals surface area contributed by atoms with Gasteiger partial charge in [0.1, 0.15) is 6.29 Å². The van der Waals surface area contributed by atoms with Gasteiger partial charge in [0, 0.05) is 11.8 Å². The molecule has 0 heterocycles. The van der Waals surface area contributed by atoms with Gasteiger partial charge in [-0.25, -0.2) is 0 Å². The maximum Gasteiger partial charge on any atom is 0.303 e. The lowest BCUT2D eigenvalue weighted by molar-refractivity contribution is -0.543. The van der Waals surface area contributed by atoms with Gasteiger partial charge in [0.25, 0.3) is 6.04 Å². The molecule has 0 radical (unpaired) electrons. The van der Waals surface area contributed by atoms with Crippen LogP contribution in [-0.2, 0) is 14.3 Å². The van der Waals surface area contributed by atoms with Gasteiger partial charge >= 0.3 is 5.97 Å². The first-order chi connectivity index (χ1) is 7.06. The summed E-state index contributed by atoms with van der Waals surface area (Å²) in [7, 11) is 0. The van der Waals surface area contributed by atoms with Gasteiger partial charge in [0.2, 0.25) is 0 Å². The van der Waals surface area contributed by atoms with Crippen LogP contribution in [0.3, 0.4) is 0 Å². The van der Waals surface area contributed by atoms with E-state index in [4.69, 9.17) is 4.74 Å². The number of carbonyl (C=O) groups excluding carboxylic acids is 2. The van der Waals surface area contributed by atoms with Crippen LogP contribution in [0.5, 0.6) is 0 Å². The summed E-state index contributed by atoms with van der Waals surface area (Å²) in [4.78, 5) is 31.7. The molecule has 6 heteroatoms. The Bertz CT molecular complexity index is 278. The van der Waals surface area contributed by atoms with Gasteiger partial charge in [-0.05, 0) is 19.3 Å². The SMILES string of the molecule is CC(=O)O[C@H]1CCC[C@H](C=O)[C@H]1[N+](=O)[O-]. The fraction of sp³-hybridized carbons (Fsp3) is 0.778. The Morgan fingerprint density at radius 2 is 2.20 bits per heavy atom. The van der Waals surface area contributed by atoms with E-state index in [1.807, 2.05) is 0 Å². The van der Waals surface area contributed by atoms with Crippen molar-refractivity contribution in [2.24, 2.45) is 5.92 Å². The van der Waals surface area contributed by atoms with E-state index in [2.05, 4.69) is 0 Å². The highest BCUT2D eigenvalue weighted by Gasteiger charge is 2.43. The number of nitro groups is 1. The van der Waals surface area contributed by atoms with Crippen molar-refractivity contribution in [3.63, 3.8) is 0 Å². The van der Waals surface area contributed by atoms with E-state index in [-0.39, 0.29) is 0 Å². The number of nitrogens with zero attached hydrogens (tertiary/aromatic N) is 1. The zero-order valence-corrected chi connectivity index (χ0v) is 8.42. The number of aldehydes is 1. The molecule has 1 saturated carbocycles. The Kier molecular flexibility index (Phi) is 3.76. The van der Waals surface area contributed by atoms with E-state index in [1.54, 1.807) is 0 Å². The van der Waals surface area contributed by atoms with Crippen molar-refractivity contribution in [2.45, 2.75) is 38.3 Å². The van der Waals surface area contributed by atoms with E-state index in [9.17, 15) is 19.7 Å². The van der Waals surface area contributed by atoms with Gasteiger partial charge in [0.15, 0.2) is 6.10 Å². The monoisotopic (exact) mass is 215 g/mol. The van der Waals surface area contributed by atoms with Crippen molar-refractivity contribution in [2.75, 3.05) is 0 Å². The predicted octanol–water partition coefficient (Wildman–Crippen LogP) is 0.562. The first-order valence-electron chi connectivity index (χ1n) is 4.82. The Morgan fingerprint density at radius 1 is 1.53 bits per heavy atom. The molecule has 0 unspecified atom stereocenters. The van der Waals surface area contributed by atoms with Crippen molar-refractivity contribution < 1.29 is 19.2 Å². The van der Waals surface area contributed by atoms with Crippen LogP contribution >= 0.6 is 0 Å². The molecule has 0 aromatic carbocycles. The number of hydrogen-bond donors (Lipinski definition) is 0. The topological polar surface area (TPSA) is 86.5 Å². The van der Waals surface area contributed by atoms with Crippen molar-refractivity contribution in [1.82, 2.24) is 0 Å². The smallest absolute Gasteiger partial charge is 0.303 e. The maximum atomic E-state index is 10.8. The number of ether oxygens (including phenoxy) is 1. The van der Waals surface area contributed by atoms with E-state index >= 15 is 0 Å². The zero-order chi connectivity index (χ0) is 11.4. The lowest BCUT2D eigenvalue weighted by Gasteiger charge is -2.28. The highest BCUT2D eigenvalue weighted by molar-refractivity contribution is 5.66. The van der Waals surface area contributed by atoms with Gasteiger partial charge in [-0.1, -0.05) is 0 Å². The van der Waals surface area contributed by atoms with Crippen molar-refractivity contribution in [3.05, 3.63) is 10.1 Å². The van der Waals surface area contributed by atoms with Crippen LogP contribution in [0, 0.1) is 16.0 Å². The van der Waals surface area contributed by atoms with Crippen LogP contribution < -0.4 is 0 Å². The molecule has 1 rings (SSSR count). The molecule has 1 aliphatic rings. The van der Waals surface area contributed by atoms with E-state index in [1.165, 1.54) is 6.92 Å². The lowest BCUT2D eigenvalue weighted by Crippen LogP contribution is -2.46. The molecule has 0 aromatic heterocycles. The Labute approximate surface area is 86.7 Å². The number of hydrogen-bond acceptors (Lipinski definition) is 5. The average molecular weight is 215 g/mol. The molecule has 1 aliphatic carbocycles. The third kappa shape index (κ3) is 2.74. The van der Waals surface area contributed by atoms with E-state index in [0.29, 0.717) is 25.5 Å². The maximum absolute atomic E-state index is 10.8. The molecule has 0 N–H and O–H groups in total. The molecule has 0 spiro atoms. The Hall–Kier alpha value is -1.46. The third-order valence-electron chi connectivity index (χ3n) is 2.58. The molecule has 0 saturated heterocycles. The van der Waals surface area contributed by atoms with E-state index < -0.39 is 29.0 Å². The van der Waals surface area contributed by atoms with E-state index in [0.717, 1.165) is 0 Å². The number of carbonyl (C=O) groups is 2. The molecule has 0 amide bonds. The van der Waals surface area contributed by atoms with Crippen LogP contribution in [0.2, 0.25) is 0 Å². The van der Waals surface area contributed by atoms with Gasteiger partial charge in [-0.3, -0.25) is 14.9 Å². The van der Waals surface area contributed by atoms with Gasteiger partial charge < -0.3 is 9.53 Å². The summed E-state index contributed by atoms with van der Waals surface area (Å²) in [5.74, 6) is -1.18. The Morgan fingerprint density at radius 3 is 2.67 bits per heavy atom. The fourth-order valence-electron chi connectivity index (χ4n) is 1.95. The van der Waals surface area contributed by atoms with Gasteiger partial charge in [-0.15, -0.1) is 0 Å². The predicted molar refractivity (Wildman–Crippen MR) is 49.7 cm³/mol. The largest absolute Gasteiger partial charge is 0.455 e. The Balaban J connectivity index is 2.78. The summed E-state index contributed by atoms with van der Waals surface area (Å²) < 4.78 is 4.86. The summed E-state index contributed by atoms with van der Waals surface area (Å²) in [6, 6.07) is -1.08. The van der Waals surface area contributed by atoms with Crippen LogP contribution in [0.1, 0.15) is 26.2 Å². The van der Waals surface area contributed by atoms with Crippen LogP contribution in [0.25, 0.3) is 0 Å². The minimum Gasteiger partial charge on any atom is -0.455 e. The van der Waals surface area contributed by atoms with Crippen LogP contribution in [0.15, 0.2) is 0 Å². The fourth-order valence-corrected chi connectivity index (χ4v) is 1.95. The van der Waals surface area contributed by atoms with Gasteiger partial charge in [-0.2, -0.15) is 0 Å². The zero-order valence-electron chi connectivity index (χ0n) is 8.42. The van der Waals surface area contributed by atoms with Crippen molar-refractivity contribution in [3.8, 4) is 0 Å². The van der Waals surface area contributed by atoms with Crippen LogP contribution in [0.4, 0.5) is 0 Å². The molecule has 1 fully saturated rings. The summed E-state index contributed by atoms with van der Waals surface area (Å²) in [5.41, 5.74) is 0. The molecule has 0 aliphatic heterocycles. The first-order valence-corrected chi connectivity index (χ1v) is 4.82. The molecule has 3 atom stereocenters. The summed E-state index contributed by atoms with van der Waals surface area (Å²) in [6.45, 7) is 1.21. The molecule has 84 valence electrons. The second-order valence-electron chi connectivity index (χ2n) is 3.65. The molecule has 6 nitrogen and oxygen atoms in total. The quantitative estimate of drug-likeness (QED) is 0.297. The van der Waals surface area contributed by atoms with Crippen molar-refractivity contribution in [1.29, 1.82) is 0 Å². The summed E-state index contributed by atoms with van der Waals surface area (Å²) >= 11 is 0. The summed E-state index contributed by atoms with van der Waals surface area (Å²) in [6.07, 6.45) is 1.44. The van der Waals surface area contributed by atoms with Crippen LogP contribution in [-0.4, -0.2) is 29.3 Å². The molecule has 15 heavy (non-hydrogen) atoms. The minimum atomic E-state index is -1.08. The average Bonchev–Trinajstić information content (AvgIpc) is 2.15. The second kappa shape index (κ2) is 4.86. The van der Waals surface area contributed by atoms with Gasteiger partial charge in [0.05, 0.1) is 5.92 Å². The number of rotatable bonds is 3. The van der Waals surface area contributed by atoms with Crippen molar-refractivity contribution >= 4 is 12.3 Å². The molecule has 0 aromatic rings. The normalized spacial score (nSPS) is 30.6. The molecular weight excluding hydrogens is 202 g/mol. The lowest BCUT2D eigenvalue weighted by atomic mass is 9.83. The number of esters is 1.